The van der Waals surface area contributed by atoms with Crippen molar-refractivity contribution < 1.29 is 19.2 Å². The maximum absolute atomic E-state index is 12.4. The molecule has 24 heavy (non-hydrogen) atoms. The fraction of sp³-hybridized carbons (Fsp3) is 0.250. The molecule has 2 aromatic rings. The predicted molar refractivity (Wildman–Crippen MR) is 90.8 cm³/mol. The van der Waals surface area contributed by atoms with Gasteiger partial charge in [-0.25, -0.2) is 4.79 Å². The van der Waals surface area contributed by atoms with Crippen LogP contribution in [0.1, 0.15) is 38.1 Å². The SMILES string of the molecule is CCOC(=O)c1sc(NC(=O)c2cccc([N+](=O)[O-])c2C)cc1C. The third-order valence-corrected chi connectivity index (χ3v) is 4.49. The summed E-state index contributed by atoms with van der Waals surface area (Å²) in [4.78, 5) is 35.0. The average Bonchev–Trinajstić information content (AvgIpc) is 2.87. The van der Waals surface area contributed by atoms with Gasteiger partial charge >= 0.3 is 5.97 Å². The Balaban J connectivity index is 2.25. The number of rotatable bonds is 5. The van der Waals surface area contributed by atoms with Gasteiger partial charge in [-0.3, -0.25) is 14.9 Å². The molecule has 1 N–H and O–H groups in total. The molecule has 0 aliphatic carbocycles. The van der Waals surface area contributed by atoms with Crippen molar-refractivity contribution in [2.24, 2.45) is 0 Å². The molecule has 7 nitrogen and oxygen atoms in total. The average molecular weight is 348 g/mol. The van der Waals surface area contributed by atoms with Gasteiger partial charge in [-0.15, -0.1) is 11.3 Å². The molecule has 0 aliphatic rings. The number of amides is 1. The summed E-state index contributed by atoms with van der Waals surface area (Å²) in [6, 6.07) is 6.00. The van der Waals surface area contributed by atoms with Gasteiger partial charge in [0.25, 0.3) is 11.6 Å². The predicted octanol–water partition coefficient (Wildman–Crippen LogP) is 3.70. The molecule has 0 unspecified atom stereocenters. The molecule has 8 heteroatoms. The number of benzene rings is 1. The van der Waals surface area contributed by atoms with E-state index in [-0.39, 0.29) is 17.9 Å². The summed E-state index contributed by atoms with van der Waals surface area (Å²) in [5, 5.41) is 14.1. The number of ether oxygens (including phenoxy) is 1. The molecule has 0 spiro atoms. The van der Waals surface area contributed by atoms with Gasteiger partial charge in [-0.05, 0) is 38.5 Å². The molecule has 0 atom stereocenters. The van der Waals surface area contributed by atoms with Crippen LogP contribution < -0.4 is 5.32 Å². The summed E-state index contributed by atoms with van der Waals surface area (Å²) in [5.41, 5.74) is 1.09. The zero-order chi connectivity index (χ0) is 17.9. The van der Waals surface area contributed by atoms with Crippen molar-refractivity contribution >= 4 is 33.9 Å². The molecule has 1 aromatic carbocycles. The number of nitro benzene ring substituents is 1. The molecule has 1 aromatic heterocycles. The number of thiophene rings is 1. The molecular weight excluding hydrogens is 332 g/mol. The number of nitrogens with one attached hydrogen (secondary N) is 1. The summed E-state index contributed by atoms with van der Waals surface area (Å²) >= 11 is 1.11. The number of carbonyl (C=O) groups excluding carboxylic acids is 2. The number of esters is 1. The van der Waals surface area contributed by atoms with Crippen LogP contribution in [0.4, 0.5) is 10.7 Å². The Morgan fingerprint density at radius 1 is 1.33 bits per heavy atom. The van der Waals surface area contributed by atoms with Crippen LogP contribution in [0.25, 0.3) is 0 Å². The zero-order valence-corrected chi connectivity index (χ0v) is 14.2. The Morgan fingerprint density at radius 3 is 2.67 bits per heavy atom. The lowest BCUT2D eigenvalue weighted by molar-refractivity contribution is -0.385. The molecule has 0 saturated heterocycles. The smallest absolute Gasteiger partial charge is 0.348 e. The van der Waals surface area contributed by atoms with Gasteiger partial charge in [-0.1, -0.05) is 6.07 Å². The van der Waals surface area contributed by atoms with Crippen LogP contribution in [-0.2, 0) is 4.74 Å². The lowest BCUT2D eigenvalue weighted by atomic mass is 10.1. The number of hydrogen-bond donors (Lipinski definition) is 1. The van der Waals surface area contributed by atoms with Crippen molar-refractivity contribution in [3.05, 3.63) is 55.9 Å². The Labute approximate surface area is 142 Å². The van der Waals surface area contributed by atoms with E-state index in [1.54, 1.807) is 19.9 Å². The lowest BCUT2D eigenvalue weighted by Gasteiger charge is -2.06. The van der Waals surface area contributed by atoms with E-state index < -0.39 is 16.8 Å². The largest absolute Gasteiger partial charge is 0.462 e. The highest BCUT2D eigenvalue weighted by molar-refractivity contribution is 7.18. The first kappa shape index (κ1) is 17.6. The topological polar surface area (TPSA) is 98.5 Å². The van der Waals surface area contributed by atoms with Crippen LogP contribution in [0.2, 0.25) is 0 Å². The Morgan fingerprint density at radius 2 is 2.04 bits per heavy atom. The molecule has 0 saturated carbocycles. The van der Waals surface area contributed by atoms with Crippen molar-refractivity contribution in [1.29, 1.82) is 0 Å². The summed E-state index contributed by atoms with van der Waals surface area (Å²) in [7, 11) is 0. The molecule has 126 valence electrons. The second-order valence-electron chi connectivity index (χ2n) is 5.00. The van der Waals surface area contributed by atoms with Crippen molar-refractivity contribution in [2.45, 2.75) is 20.8 Å². The molecule has 0 fully saturated rings. The maximum Gasteiger partial charge on any atom is 0.348 e. The highest BCUT2D eigenvalue weighted by atomic mass is 32.1. The van der Waals surface area contributed by atoms with Crippen LogP contribution in [-0.4, -0.2) is 23.4 Å². The fourth-order valence-corrected chi connectivity index (χ4v) is 3.15. The normalized spacial score (nSPS) is 10.3. The van der Waals surface area contributed by atoms with Gasteiger partial charge in [0.1, 0.15) is 4.88 Å². The standard InChI is InChI=1S/C16H16N2O5S/c1-4-23-16(20)14-9(2)8-13(24-14)17-15(19)11-6-5-7-12(10(11)3)18(21)22/h5-8H,4H2,1-3H3,(H,17,19). The van der Waals surface area contributed by atoms with E-state index in [0.29, 0.717) is 21.0 Å². The van der Waals surface area contributed by atoms with E-state index in [1.165, 1.54) is 25.1 Å². The first-order valence-electron chi connectivity index (χ1n) is 7.18. The second-order valence-corrected chi connectivity index (χ2v) is 6.06. The highest BCUT2D eigenvalue weighted by Crippen LogP contribution is 2.29. The molecule has 0 bridgehead atoms. The highest BCUT2D eigenvalue weighted by Gasteiger charge is 2.20. The first-order chi connectivity index (χ1) is 11.3. The van der Waals surface area contributed by atoms with Gasteiger partial charge in [-0.2, -0.15) is 0 Å². The van der Waals surface area contributed by atoms with Gasteiger partial charge in [0, 0.05) is 17.2 Å². The van der Waals surface area contributed by atoms with E-state index in [2.05, 4.69) is 5.32 Å². The minimum atomic E-state index is -0.528. The van der Waals surface area contributed by atoms with Crippen LogP contribution in [0.5, 0.6) is 0 Å². The van der Waals surface area contributed by atoms with Crippen molar-refractivity contribution in [3.8, 4) is 0 Å². The second kappa shape index (κ2) is 7.22. The molecule has 2 rings (SSSR count). The number of aryl methyl sites for hydroxylation is 1. The monoisotopic (exact) mass is 348 g/mol. The Hall–Kier alpha value is -2.74. The van der Waals surface area contributed by atoms with Crippen molar-refractivity contribution in [1.82, 2.24) is 0 Å². The summed E-state index contributed by atoms with van der Waals surface area (Å²) < 4.78 is 4.96. The maximum atomic E-state index is 12.4. The molecule has 1 amide bonds. The number of hydrogen-bond acceptors (Lipinski definition) is 6. The summed E-state index contributed by atoms with van der Waals surface area (Å²) in [6.07, 6.45) is 0. The van der Waals surface area contributed by atoms with Gasteiger partial charge < -0.3 is 10.1 Å². The summed E-state index contributed by atoms with van der Waals surface area (Å²) in [5.74, 6) is -0.903. The van der Waals surface area contributed by atoms with E-state index in [1.807, 2.05) is 0 Å². The quantitative estimate of drug-likeness (QED) is 0.504. The van der Waals surface area contributed by atoms with Crippen LogP contribution in [0.15, 0.2) is 24.3 Å². The fourth-order valence-electron chi connectivity index (χ4n) is 2.19. The zero-order valence-electron chi connectivity index (χ0n) is 13.4. The lowest BCUT2D eigenvalue weighted by Crippen LogP contribution is -2.13. The van der Waals surface area contributed by atoms with Gasteiger partial charge in [0.05, 0.1) is 16.5 Å². The van der Waals surface area contributed by atoms with Crippen LogP contribution in [0, 0.1) is 24.0 Å². The van der Waals surface area contributed by atoms with Crippen LogP contribution >= 0.6 is 11.3 Å². The van der Waals surface area contributed by atoms with E-state index in [9.17, 15) is 19.7 Å². The van der Waals surface area contributed by atoms with Gasteiger partial charge in [0.2, 0.25) is 0 Å². The molecule has 0 radical (unpaired) electrons. The molecule has 1 heterocycles. The Kier molecular flexibility index (Phi) is 5.30. The number of nitro groups is 1. The summed E-state index contributed by atoms with van der Waals surface area (Å²) in [6.45, 7) is 5.26. The number of carbonyl (C=O) groups is 2. The van der Waals surface area contributed by atoms with Crippen LogP contribution in [0.3, 0.4) is 0 Å². The molecular formula is C16H16N2O5S. The number of nitrogens with zero attached hydrogens (tertiary/aromatic N) is 1. The van der Waals surface area contributed by atoms with E-state index in [4.69, 9.17) is 4.74 Å². The minimum absolute atomic E-state index is 0.114. The van der Waals surface area contributed by atoms with E-state index >= 15 is 0 Å². The van der Waals surface area contributed by atoms with Gasteiger partial charge in [0.15, 0.2) is 0 Å². The third-order valence-electron chi connectivity index (χ3n) is 3.36. The first-order valence-corrected chi connectivity index (χ1v) is 7.99. The van der Waals surface area contributed by atoms with Crippen molar-refractivity contribution in [3.63, 3.8) is 0 Å². The Bertz CT molecular complexity index is 813. The van der Waals surface area contributed by atoms with E-state index in [0.717, 1.165) is 11.3 Å². The molecule has 0 aliphatic heterocycles. The van der Waals surface area contributed by atoms with Crippen molar-refractivity contribution in [2.75, 3.05) is 11.9 Å². The third kappa shape index (κ3) is 3.60. The minimum Gasteiger partial charge on any atom is -0.462 e. The number of anilines is 1.